The molecule has 1 aliphatic rings. The van der Waals surface area contributed by atoms with Crippen molar-refractivity contribution in [2.45, 2.75) is 90.1 Å². The van der Waals surface area contributed by atoms with Crippen LogP contribution in [0.4, 0.5) is 0 Å². The van der Waals surface area contributed by atoms with Gasteiger partial charge in [-0.25, -0.2) is 0 Å². The van der Waals surface area contributed by atoms with E-state index in [0.717, 1.165) is 13.1 Å². The number of hydrogen-bond acceptors (Lipinski definition) is 3. The van der Waals surface area contributed by atoms with Crippen LogP contribution in [0.25, 0.3) is 0 Å². The Balaban J connectivity index is 1.83. The van der Waals surface area contributed by atoms with Crippen molar-refractivity contribution in [1.82, 2.24) is 10.2 Å². The van der Waals surface area contributed by atoms with E-state index in [0.29, 0.717) is 6.17 Å². The van der Waals surface area contributed by atoms with Crippen molar-refractivity contribution in [2.75, 3.05) is 13.1 Å². The molecule has 1 atom stereocenters. The normalized spacial score (nSPS) is 17.3. The van der Waals surface area contributed by atoms with Crippen LogP contribution in [0.5, 0.6) is 0 Å². The lowest BCUT2D eigenvalue weighted by atomic mass is 10.1. The number of rotatable bonds is 15. The van der Waals surface area contributed by atoms with Gasteiger partial charge in [0, 0.05) is 25.5 Å². The zero-order valence-electron chi connectivity index (χ0n) is 15.3. The fourth-order valence-electron chi connectivity index (χ4n) is 3.13. The fourth-order valence-corrected chi connectivity index (χ4v) is 3.13. The van der Waals surface area contributed by atoms with Gasteiger partial charge in [0.15, 0.2) is 0 Å². The third kappa shape index (κ3) is 10.4. The Hall–Kier alpha value is -0.960. The van der Waals surface area contributed by atoms with E-state index in [1.54, 1.807) is 0 Å². The number of hydrogen-bond donors (Lipinski definition) is 2. The van der Waals surface area contributed by atoms with E-state index >= 15 is 0 Å². The summed E-state index contributed by atoms with van der Waals surface area (Å²) < 4.78 is 0. The highest BCUT2D eigenvalue weighted by atomic mass is 15.3. The largest absolute Gasteiger partial charge is 0.370 e. The molecule has 0 aromatic rings. The zero-order valence-corrected chi connectivity index (χ0v) is 15.3. The molecule has 0 saturated carbocycles. The lowest BCUT2D eigenvalue weighted by Crippen LogP contribution is -2.37. The van der Waals surface area contributed by atoms with Gasteiger partial charge in [-0.2, -0.15) is 0 Å². The molecule has 0 saturated heterocycles. The average molecular weight is 322 g/mol. The summed E-state index contributed by atoms with van der Waals surface area (Å²) in [6, 6.07) is 0. The molecule has 23 heavy (non-hydrogen) atoms. The number of nitrogens with two attached hydrogens (primary N) is 1. The van der Waals surface area contributed by atoms with Crippen LogP contribution in [-0.4, -0.2) is 24.2 Å². The molecule has 0 radical (unpaired) electrons. The molecule has 0 spiro atoms. The highest BCUT2D eigenvalue weighted by Crippen LogP contribution is 2.14. The summed E-state index contributed by atoms with van der Waals surface area (Å²) in [5.41, 5.74) is 5.64. The molecule has 1 rings (SSSR count). The molecular formula is C20H39N3. The van der Waals surface area contributed by atoms with E-state index < -0.39 is 0 Å². The molecule has 0 aromatic heterocycles. The van der Waals surface area contributed by atoms with E-state index in [2.05, 4.69) is 41.7 Å². The van der Waals surface area contributed by atoms with Crippen LogP contribution in [-0.2, 0) is 0 Å². The fraction of sp³-hybridized carbons (Fsp3) is 0.800. The monoisotopic (exact) mass is 321 g/mol. The van der Waals surface area contributed by atoms with Gasteiger partial charge in [0.2, 0.25) is 0 Å². The van der Waals surface area contributed by atoms with Crippen molar-refractivity contribution in [3.05, 3.63) is 24.6 Å². The Bertz CT molecular complexity index is 312. The molecule has 3 heteroatoms. The summed E-state index contributed by atoms with van der Waals surface area (Å²) in [6.45, 7) is 3.96. The number of nitrogens with zero attached hydrogens (tertiary/aromatic N) is 1. The quantitative estimate of drug-likeness (QED) is 0.333. The van der Waals surface area contributed by atoms with Crippen molar-refractivity contribution in [1.29, 1.82) is 0 Å². The molecule has 0 aromatic carbocycles. The summed E-state index contributed by atoms with van der Waals surface area (Å²) in [5.74, 6) is 0. The van der Waals surface area contributed by atoms with Gasteiger partial charge in [-0.15, -0.1) is 0 Å². The van der Waals surface area contributed by atoms with Crippen LogP contribution in [0.3, 0.4) is 0 Å². The Kier molecular flexibility index (Phi) is 12.8. The zero-order chi connectivity index (χ0) is 16.6. The maximum absolute atomic E-state index is 5.64. The van der Waals surface area contributed by atoms with Gasteiger partial charge in [0.05, 0.1) is 6.17 Å². The minimum Gasteiger partial charge on any atom is -0.370 e. The Morgan fingerprint density at radius 3 is 2.30 bits per heavy atom. The minimum absolute atomic E-state index is 0.483. The molecule has 1 heterocycles. The van der Waals surface area contributed by atoms with Crippen LogP contribution in [0.1, 0.15) is 84.0 Å². The molecule has 134 valence electrons. The minimum atomic E-state index is 0.483. The maximum Gasteiger partial charge on any atom is 0.0981 e. The third-order valence-electron chi connectivity index (χ3n) is 4.58. The predicted octanol–water partition coefficient (Wildman–Crippen LogP) is 4.90. The number of unbranched alkanes of at least 4 members (excludes halogenated alkanes) is 9. The van der Waals surface area contributed by atoms with E-state index in [1.807, 2.05) is 0 Å². The molecule has 1 aliphatic heterocycles. The van der Waals surface area contributed by atoms with E-state index in [-0.39, 0.29) is 0 Å². The second-order valence-electron chi connectivity index (χ2n) is 6.69. The first-order valence-electron chi connectivity index (χ1n) is 9.92. The molecule has 3 N–H and O–H groups in total. The standard InChI is InChI=1S/C20H39N3/c1-2-3-4-5-6-7-8-9-10-11-12-13-14-15-20-22-17-19-23(20)18-16-21/h6-7,17,19-20,22H,2-5,8-16,18,21H2,1H3/b7-6+. The van der Waals surface area contributed by atoms with E-state index in [9.17, 15) is 0 Å². The van der Waals surface area contributed by atoms with Gasteiger partial charge in [0.25, 0.3) is 0 Å². The van der Waals surface area contributed by atoms with Crippen LogP contribution in [0, 0.1) is 0 Å². The highest BCUT2D eigenvalue weighted by Gasteiger charge is 2.16. The topological polar surface area (TPSA) is 41.3 Å². The van der Waals surface area contributed by atoms with Crippen molar-refractivity contribution in [2.24, 2.45) is 5.73 Å². The molecule has 0 bridgehead atoms. The van der Waals surface area contributed by atoms with Crippen LogP contribution in [0.2, 0.25) is 0 Å². The summed E-state index contributed by atoms with van der Waals surface area (Å²) in [7, 11) is 0. The van der Waals surface area contributed by atoms with Crippen LogP contribution >= 0.6 is 0 Å². The van der Waals surface area contributed by atoms with Gasteiger partial charge >= 0.3 is 0 Å². The van der Waals surface area contributed by atoms with Gasteiger partial charge in [-0.05, 0) is 38.5 Å². The van der Waals surface area contributed by atoms with Crippen molar-refractivity contribution < 1.29 is 0 Å². The lowest BCUT2D eigenvalue weighted by molar-refractivity contribution is 0.264. The molecule has 0 fully saturated rings. The van der Waals surface area contributed by atoms with Crippen molar-refractivity contribution >= 4 is 0 Å². The second kappa shape index (κ2) is 14.6. The first-order valence-corrected chi connectivity index (χ1v) is 9.92. The van der Waals surface area contributed by atoms with Gasteiger partial charge in [0.1, 0.15) is 0 Å². The van der Waals surface area contributed by atoms with Gasteiger partial charge in [-0.3, -0.25) is 0 Å². The highest BCUT2D eigenvalue weighted by molar-refractivity contribution is 4.94. The van der Waals surface area contributed by atoms with E-state index in [4.69, 9.17) is 5.73 Å². The summed E-state index contributed by atoms with van der Waals surface area (Å²) >= 11 is 0. The Labute approximate surface area is 144 Å². The molecule has 3 nitrogen and oxygen atoms in total. The lowest BCUT2D eigenvalue weighted by Gasteiger charge is -2.25. The predicted molar refractivity (Wildman–Crippen MR) is 102 cm³/mol. The molecule has 0 aliphatic carbocycles. The summed E-state index contributed by atoms with van der Waals surface area (Å²) in [5, 5.41) is 3.42. The number of allylic oxidation sites excluding steroid dienone is 2. The van der Waals surface area contributed by atoms with E-state index in [1.165, 1.54) is 77.0 Å². The van der Waals surface area contributed by atoms with Crippen molar-refractivity contribution in [3.63, 3.8) is 0 Å². The number of nitrogens with one attached hydrogen (secondary N) is 1. The first-order chi connectivity index (χ1) is 11.4. The summed E-state index contributed by atoms with van der Waals surface area (Å²) in [4.78, 5) is 2.33. The van der Waals surface area contributed by atoms with Gasteiger partial charge < -0.3 is 16.0 Å². The maximum atomic E-state index is 5.64. The van der Waals surface area contributed by atoms with Crippen LogP contribution in [0.15, 0.2) is 24.6 Å². The second-order valence-corrected chi connectivity index (χ2v) is 6.69. The van der Waals surface area contributed by atoms with Gasteiger partial charge in [-0.1, -0.05) is 57.6 Å². The average Bonchev–Trinajstić information content (AvgIpc) is 2.99. The van der Waals surface area contributed by atoms with Crippen molar-refractivity contribution in [3.8, 4) is 0 Å². The molecule has 0 amide bonds. The molecular weight excluding hydrogens is 282 g/mol. The SMILES string of the molecule is CCCCC/C=C/CCCCCCCCC1NC=CN1CCN. The first kappa shape index (κ1) is 20.1. The summed E-state index contributed by atoms with van der Waals surface area (Å²) in [6.07, 6.45) is 25.5. The Morgan fingerprint density at radius 1 is 0.957 bits per heavy atom. The molecule has 1 unspecified atom stereocenters. The Morgan fingerprint density at radius 2 is 1.61 bits per heavy atom. The third-order valence-corrected chi connectivity index (χ3v) is 4.58. The smallest absolute Gasteiger partial charge is 0.0981 e. The van der Waals surface area contributed by atoms with Crippen LogP contribution < -0.4 is 11.1 Å².